The first-order chi connectivity index (χ1) is 13.6. The van der Waals surface area contributed by atoms with Crippen molar-refractivity contribution in [3.05, 3.63) is 63.9 Å². The van der Waals surface area contributed by atoms with Crippen LogP contribution in [0.5, 0.6) is 0 Å². The van der Waals surface area contributed by atoms with Crippen molar-refractivity contribution in [2.75, 3.05) is 26.2 Å². The van der Waals surface area contributed by atoms with E-state index in [0.29, 0.717) is 36.0 Å². The normalized spacial score (nSPS) is 14.9. The van der Waals surface area contributed by atoms with Crippen LogP contribution in [0.3, 0.4) is 0 Å². The molecule has 2 heterocycles. The molecule has 0 radical (unpaired) electrons. The maximum Gasteiger partial charge on any atom is 0.242 e. The molecule has 6 nitrogen and oxygen atoms in total. The molecule has 4 rings (SSSR count). The number of carbonyl (C=O) groups is 1. The molecule has 144 valence electrons. The minimum Gasteiger partial charge on any atom is -0.337 e. The van der Waals surface area contributed by atoms with Gasteiger partial charge in [0.15, 0.2) is 4.80 Å². The maximum absolute atomic E-state index is 12.8. The van der Waals surface area contributed by atoms with Gasteiger partial charge in [-0.1, -0.05) is 53.3 Å². The van der Waals surface area contributed by atoms with Crippen LogP contribution in [0.15, 0.2) is 53.6 Å². The Labute approximate surface area is 171 Å². The molecule has 0 spiro atoms. The van der Waals surface area contributed by atoms with Crippen LogP contribution in [-0.2, 0) is 11.3 Å². The van der Waals surface area contributed by atoms with Gasteiger partial charge in [0, 0.05) is 18.1 Å². The number of nitrogens with zero attached hydrogens (tertiary/aromatic N) is 4. The Hall–Kier alpha value is -2.64. The third-order valence-electron chi connectivity index (χ3n) is 4.74. The van der Waals surface area contributed by atoms with Gasteiger partial charge in [0.1, 0.15) is 6.54 Å². The molecule has 1 aliphatic rings. The summed E-state index contributed by atoms with van der Waals surface area (Å²) in [7, 11) is 0. The monoisotopic (exact) mass is 413 g/mol. The number of fused-ring (bicyclic) bond motifs is 1. The number of thiazole rings is 1. The number of amides is 1. The van der Waals surface area contributed by atoms with Gasteiger partial charge >= 0.3 is 0 Å². The minimum absolute atomic E-state index is 0.0276. The minimum atomic E-state index is 0.0276. The fourth-order valence-electron chi connectivity index (χ4n) is 3.20. The van der Waals surface area contributed by atoms with Gasteiger partial charge in [-0.2, -0.15) is 5.10 Å². The summed E-state index contributed by atoms with van der Waals surface area (Å²) in [6.45, 7) is 2.84. The molecule has 28 heavy (non-hydrogen) atoms. The molecular formula is C20H20ClN5OS. The Morgan fingerprint density at radius 1 is 1.14 bits per heavy atom. The van der Waals surface area contributed by atoms with Crippen LogP contribution in [0, 0.1) is 5.41 Å². The number of aromatic nitrogens is 1. The molecule has 2 aromatic carbocycles. The van der Waals surface area contributed by atoms with Gasteiger partial charge in [-0.3, -0.25) is 15.2 Å². The second kappa shape index (κ2) is 8.16. The molecule has 8 heteroatoms. The van der Waals surface area contributed by atoms with Gasteiger partial charge in [-0.15, -0.1) is 0 Å². The first-order valence-electron chi connectivity index (χ1n) is 9.05. The molecule has 0 saturated carbocycles. The van der Waals surface area contributed by atoms with Crippen LogP contribution in [0.1, 0.15) is 5.56 Å². The fraction of sp³-hybridized carbons (Fsp3) is 0.250. The fourth-order valence-corrected chi connectivity index (χ4v) is 4.39. The Bertz CT molecular complexity index is 1070. The molecule has 0 atom stereocenters. The number of rotatable bonds is 4. The molecule has 0 bridgehead atoms. The van der Waals surface area contributed by atoms with Crippen molar-refractivity contribution < 1.29 is 4.79 Å². The van der Waals surface area contributed by atoms with E-state index < -0.39 is 0 Å². The zero-order valence-corrected chi connectivity index (χ0v) is 16.8. The number of hydrazone groups is 1. The Kier molecular flexibility index (Phi) is 5.45. The topological polar surface area (TPSA) is 64.7 Å². The van der Waals surface area contributed by atoms with Crippen LogP contribution in [-0.4, -0.2) is 52.8 Å². The van der Waals surface area contributed by atoms with E-state index in [-0.39, 0.29) is 12.5 Å². The first kappa shape index (κ1) is 18.7. The highest BCUT2D eigenvalue weighted by Crippen LogP contribution is 2.21. The summed E-state index contributed by atoms with van der Waals surface area (Å²) in [6.07, 6.45) is 1.85. The first-order valence-corrected chi connectivity index (χ1v) is 10.2. The number of hydrogen-bond acceptors (Lipinski definition) is 5. The van der Waals surface area contributed by atoms with Gasteiger partial charge in [0.25, 0.3) is 0 Å². The molecule has 1 fully saturated rings. The summed E-state index contributed by atoms with van der Waals surface area (Å²) in [4.78, 5) is 15.0. The van der Waals surface area contributed by atoms with E-state index in [1.54, 1.807) is 10.6 Å². The predicted octanol–water partition coefficient (Wildman–Crippen LogP) is 3.01. The zero-order valence-electron chi connectivity index (χ0n) is 15.2. The summed E-state index contributed by atoms with van der Waals surface area (Å²) < 4.78 is 2.67. The third kappa shape index (κ3) is 4.10. The molecule has 1 N–H and O–H groups in total. The number of benzene rings is 2. The van der Waals surface area contributed by atoms with Crippen LogP contribution in [0.2, 0.25) is 5.02 Å². The van der Waals surface area contributed by atoms with Gasteiger partial charge in [0.2, 0.25) is 5.91 Å². The second-order valence-corrected chi connectivity index (χ2v) is 8.06. The summed E-state index contributed by atoms with van der Waals surface area (Å²) >= 11 is 7.36. The summed E-state index contributed by atoms with van der Waals surface area (Å²) in [5.74, 6) is 0.0276. The third-order valence-corrected chi connectivity index (χ3v) is 5.93. The van der Waals surface area contributed by atoms with Crippen molar-refractivity contribution in [2.45, 2.75) is 6.54 Å². The molecule has 1 aliphatic heterocycles. The second-order valence-electron chi connectivity index (χ2n) is 6.60. The van der Waals surface area contributed by atoms with Crippen molar-refractivity contribution >= 4 is 45.3 Å². The zero-order chi connectivity index (χ0) is 19.5. The predicted molar refractivity (Wildman–Crippen MR) is 113 cm³/mol. The number of piperazine rings is 1. The highest BCUT2D eigenvalue weighted by atomic mass is 35.5. The number of hydrogen-bond donors (Lipinski definition) is 1. The smallest absolute Gasteiger partial charge is 0.242 e. The largest absolute Gasteiger partial charge is 0.337 e. The van der Waals surface area contributed by atoms with E-state index in [9.17, 15) is 4.79 Å². The molecule has 0 aliphatic carbocycles. The van der Waals surface area contributed by atoms with E-state index in [4.69, 9.17) is 17.0 Å². The van der Waals surface area contributed by atoms with Gasteiger partial charge in [-0.25, -0.2) is 0 Å². The van der Waals surface area contributed by atoms with Crippen molar-refractivity contribution in [3.63, 3.8) is 0 Å². The van der Waals surface area contributed by atoms with E-state index in [0.717, 1.165) is 15.8 Å². The maximum atomic E-state index is 12.8. The van der Waals surface area contributed by atoms with Gasteiger partial charge in [-0.05, 0) is 23.8 Å². The quantitative estimate of drug-likeness (QED) is 0.668. The van der Waals surface area contributed by atoms with Crippen LogP contribution in [0.4, 0.5) is 0 Å². The average Bonchev–Trinajstić information content (AvgIpc) is 3.01. The molecule has 1 aromatic heterocycles. The Balaban J connectivity index is 1.38. The van der Waals surface area contributed by atoms with Gasteiger partial charge < -0.3 is 9.47 Å². The molecule has 0 unspecified atom stereocenters. The van der Waals surface area contributed by atoms with E-state index in [1.165, 1.54) is 11.3 Å². The summed E-state index contributed by atoms with van der Waals surface area (Å²) in [5.41, 5.74) is 1.93. The standard InChI is InChI=1S/C20H20ClN5OS/c21-16-6-7-17-18(12-16)28-20(22)26(17)14-19(27)24-8-10-25(11-9-24)23-13-15-4-2-1-3-5-15/h1-7,12-13,22H,8-11,14H2/b22-20?,23-13+. The average molecular weight is 414 g/mol. The highest BCUT2D eigenvalue weighted by molar-refractivity contribution is 7.16. The van der Waals surface area contributed by atoms with Crippen LogP contribution in [0.25, 0.3) is 10.2 Å². The van der Waals surface area contributed by atoms with Crippen molar-refractivity contribution in [1.29, 1.82) is 5.41 Å². The highest BCUT2D eigenvalue weighted by Gasteiger charge is 2.21. The van der Waals surface area contributed by atoms with Crippen molar-refractivity contribution in [2.24, 2.45) is 5.10 Å². The van der Waals surface area contributed by atoms with E-state index in [1.807, 2.05) is 58.6 Å². The number of halogens is 1. The molecular weight excluding hydrogens is 394 g/mol. The Morgan fingerprint density at radius 3 is 2.64 bits per heavy atom. The van der Waals surface area contributed by atoms with Crippen LogP contribution < -0.4 is 4.80 Å². The summed E-state index contributed by atoms with van der Waals surface area (Å²) in [5, 5.41) is 15.3. The lowest BCUT2D eigenvalue weighted by Gasteiger charge is -2.33. The lowest BCUT2D eigenvalue weighted by atomic mass is 10.2. The summed E-state index contributed by atoms with van der Waals surface area (Å²) in [6, 6.07) is 15.5. The number of carbonyl (C=O) groups excluding carboxylic acids is 1. The SMILES string of the molecule is N=c1sc2cc(Cl)ccc2n1CC(=O)N1CCN(/N=C/c2ccccc2)CC1. The van der Waals surface area contributed by atoms with Crippen molar-refractivity contribution in [1.82, 2.24) is 14.5 Å². The van der Waals surface area contributed by atoms with Crippen LogP contribution >= 0.6 is 22.9 Å². The van der Waals surface area contributed by atoms with E-state index >= 15 is 0 Å². The Morgan fingerprint density at radius 2 is 1.89 bits per heavy atom. The number of nitrogens with one attached hydrogen (secondary N) is 1. The lowest BCUT2D eigenvalue weighted by Crippen LogP contribution is -2.48. The van der Waals surface area contributed by atoms with Crippen molar-refractivity contribution in [3.8, 4) is 0 Å². The molecule has 1 saturated heterocycles. The molecule has 3 aromatic rings. The van der Waals surface area contributed by atoms with Gasteiger partial charge in [0.05, 0.1) is 29.5 Å². The van der Waals surface area contributed by atoms with E-state index in [2.05, 4.69) is 5.10 Å². The molecule has 1 amide bonds. The lowest BCUT2D eigenvalue weighted by molar-refractivity contribution is -0.133.